The van der Waals surface area contributed by atoms with Crippen LogP contribution in [0.4, 0.5) is 5.69 Å². The van der Waals surface area contributed by atoms with E-state index in [2.05, 4.69) is 58.2 Å². The van der Waals surface area contributed by atoms with Gasteiger partial charge in [0.25, 0.3) is 0 Å². The average molecular weight is 311 g/mol. The molecule has 1 aromatic carbocycles. The molecular weight excluding hydrogens is 288 g/mol. The molecular formula is C15H23BrN2. The molecule has 18 heavy (non-hydrogen) atoms. The van der Waals surface area contributed by atoms with Gasteiger partial charge in [0.15, 0.2) is 0 Å². The molecule has 0 radical (unpaired) electrons. The lowest BCUT2D eigenvalue weighted by atomic mass is 10.0. The maximum absolute atomic E-state index is 3.69. The maximum atomic E-state index is 3.69. The second-order valence-electron chi connectivity index (χ2n) is 5.19. The highest BCUT2D eigenvalue weighted by atomic mass is 79.9. The van der Waals surface area contributed by atoms with Gasteiger partial charge in [-0.1, -0.05) is 13.0 Å². The summed E-state index contributed by atoms with van der Waals surface area (Å²) < 4.78 is 1.22. The fourth-order valence-electron chi connectivity index (χ4n) is 2.58. The molecule has 1 fully saturated rings. The van der Waals surface area contributed by atoms with E-state index < -0.39 is 0 Å². The van der Waals surface area contributed by atoms with Gasteiger partial charge in [-0.05, 0) is 66.4 Å². The molecule has 1 aliphatic rings. The second kappa shape index (κ2) is 6.58. The summed E-state index contributed by atoms with van der Waals surface area (Å²) in [4.78, 5) is 2.50. The number of nitrogens with one attached hydrogen (secondary N) is 1. The Hall–Kier alpha value is -0.540. The smallest absolute Gasteiger partial charge is 0.0511 e. The summed E-state index contributed by atoms with van der Waals surface area (Å²) in [6.07, 6.45) is 3.80. The van der Waals surface area contributed by atoms with Gasteiger partial charge in [0.2, 0.25) is 0 Å². The summed E-state index contributed by atoms with van der Waals surface area (Å²) in [5, 5.41) is 3.64. The van der Waals surface area contributed by atoms with E-state index in [1.54, 1.807) is 0 Å². The molecule has 1 aromatic rings. The Bertz CT molecular complexity index is 392. The van der Waals surface area contributed by atoms with Gasteiger partial charge >= 0.3 is 0 Å². The molecule has 0 saturated carbocycles. The van der Waals surface area contributed by atoms with E-state index in [4.69, 9.17) is 0 Å². The predicted octanol–water partition coefficient (Wildman–Crippen LogP) is 3.73. The monoisotopic (exact) mass is 310 g/mol. The molecule has 0 aromatic heterocycles. The van der Waals surface area contributed by atoms with E-state index >= 15 is 0 Å². The standard InChI is InChI=1S/C15H23BrN2/c1-3-8-17-13-5-4-9-18(11-13)15-7-6-12(2)10-14(15)16/h6-7,10,13,17H,3-5,8-9,11H2,1-2H3. The highest BCUT2D eigenvalue weighted by molar-refractivity contribution is 9.10. The maximum Gasteiger partial charge on any atom is 0.0511 e. The summed E-state index contributed by atoms with van der Waals surface area (Å²) >= 11 is 3.69. The summed E-state index contributed by atoms with van der Waals surface area (Å²) in [6, 6.07) is 7.29. The third-order valence-corrected chi connectivity index (χ3v) is 4.18. The first kappa shape index (κ1) is 13.9. The zero-order chi connectivity index (χ0) is 13.0. The first-order valence-electron chi connectivity index (χ1n) is 6.95. The van der Waals surface area contributed by atoms with Crippen molar-refractivity contribution < 1.29 is 0 Å². The third-order valence-electron chi connectivity index (χ3n) is 3.55. The van der Waals surface area contributed by atoms with Gasteiger partial charge < -0.3 is 10.2 Å². The Morgan fingerprint density at radius 1 is 1.44 bits per heavy atom. The van der Waals surface area contributed by atoms with E-state index in [1.165, 1.54) is 41.5 Å². The van der Waals surface area contributed by atoms with Crippen molar-refractivity contribution in [2.75, 3.05) is 24.5 Å². The number of hydrogen-bond donors (Lipinski definition) is 1. The van der Waals surface area contributed by atoms with Crippen LogP contribution in [0.1, 0.15) is 31.7 Å². The van der Waals surface area contributed by atoms with Crippen molar-refractivity contribution in [2.45, 2.75) is 39.2 Å². The van der Waals surface area contributed by atoms with Gasteiger partial charge in [0, 0.05) is 23.6 Å². The van der Waals surface area contributed by atoms with Crippen LogP contribution in [0.2, 0.25) is 0 Å². The van der Waals surface area contributed by atoms with Crippen LogP contribution >= 0.6 is 15.9 Å². The van der Waals surface area contributed by atoms with E-state index in [9.17, 15) is 0 Å². The van der Waals surface area contributed by atoms with Gasteiger partial charge in [-0.15, -0.1) is 0 Å². The fraction of sp³-hybridized carbons (Fsp3) is 0.600. The van der Waals surface area contributed by atoms with Crippen LogP contribution in [0.3, 0.4) is 0 Å². The van der Waals surface area contributed by atoms with Gasteiger partial charge in [-0.25, -0.2) is 0 Å². The lowest BCUT2D eigenvalue weighted by Crippen LogP contribution is -2.46. The minimum absolute atomic E-state index is 0.645. The van der Waals surface area contributed by atoms with Gasteiger partial charge in [0.05, 0.1) is 5.69 Å². The number of aryl methyl sites for hydroxylation is 1. The molecule has 1 N–H and O–H groups in total. The number of benzene rings is 1. The Labute approximate surface area is 119 Å². The van der Waals surface area contributed by atoms with Crippen LogP contribution in [0.15, 0.2) is 22.7 Å². The summed E-state index contributed by atoms with van der Waals surface area (Å²) in [5.74, 6) is 0. The molecule has 0 amide bonds. The molecule has 3 heteroatoms. The van der Waals surface area contributed by atoms with Crippen LogP contribution in [0.25, 0.3) is 0 Å². The summed E-state index contributed by atoms with van der Waals surface area (Å²) in [7, 11) is 0. The van der Waals surface area contributed by atoms with Crippen molar-refractivity contribution in [3.63, 3.8) is 0 Å². The lowest BCUT2D eigenvalue weighted by molar-refractivity contribution is 0.423. The van der Waals surface area contributed by atoms with Gasteiger partial charge in [0.1, 0.15) is 0 Å². The summed E-state index contributed by atoms with van der Waals surface area (Å²) in [6.45, 7) is 7.79. The molecule has 1 heterocycles. The highest BCUT2D eigenvalue weighted by Gasteiger charge is 2.20. The van der Waals surface area contributed by atoms with Crippen molar-refractivity contribution in [3.05, 3.63) is 28.2 Å². The molecule has 1 unspecified atom stereocenters. The third kappa shape index (κ3) is 3.48. The lowest BCUT2D eigenvalue weighted by Gasteiger charge is -2.35. The molecule has 2 nitrogen and oxygen atoms in total. The number of nitrogens with zero attached hydrogens (tertiary/aromatic N) is 1. The normalized spacial score (nSPS) is 20.2. The topological polar surface area (TPSA) is 15.3 Å². The highest BCUT2D eigenvalue weighted by Crippen LogP contribution is 2.29. The average Bonchev–Trinajstić information content (AvgIpc) is 2.36. The van der Waals surface area contributed by atoms with Crippen molar-refractivity contribution in [1.29, 1.82) is 0 Å². The molecule has 1 atom stereocenters. The number of halogens is 1. The Morgan fingerprint density at radius 2 is 2.28 bits per heavy atom. The largest absolute Gasteiger partial charge is 0.369 e. The Kier molecular flexibility index (Phi) is 5.07. The molecule has 0 spiro atoms. The van der Waals surface area contributed by atoms with E-state index in [0.717, 1.165) is 13.1 Å². The first-order valence-corrected chi connectivity index (χ1v) is 7.74. The fourth-order valence-corrected chi connectivity index (χ4v) is 3.32. The number of anilines is 1. The van der Waals surface area contributed by atoms with E-state index in [1.807, 2.05) is 0 Å². The first-order chi connectivity index (χ1) is 8.70. The van der Waals surface area contributed by atoms with Crippen molar-refractivity contribution in [2.24, 2.45) is 0 Å². The van der Waals surface area contributed by atoms with Crippen molar-refractivity contribution in [3.8, 4) is 0 Å². The van der Waals surface area contributed by atoms with E-state index in [-0.39, 0.29) is 0 Å². The van der Waals surface area contributed by atoms with Crippen LogP contribution in [0, 0.1) is 6.92 Å². The Morgan fingerprint density at radius 3 is 3.00 bits per heavy atom. The van der Waals surface area contributed by atoms with Crippen LogP contribution in [-0.2, 0) is 0 Å². The second-order valence-corrected chi connectivity index (χ2v) is 6.05. The number of hydrogen-bond acceptors (Lipinski definition) is 2. The molecule has 1 aliphatic heterocycles. The predicted molar refractivity (Wildman–Crippen MR) is 82.4 cm³/mol. The molecule has 0 aliphatic carbocycles. The van der Waals surface area contributed by atoms with Gasteiger partial charge in [-0.2, -0.15) is 0 Å². The summed E-state index contributed by atoms with van der Waals surface area (Å²) in [5.41, 5.74) is 2.65. The van der Waals surface area contributed by atoms with Crippen LogP contribution in [0.5, 0.6) is 0 Å². The van der Waals surface area contributed by atoms with Crippen molar-refractivity contribution in [1.82, 2.24) is 5.32 Å². The number of rotatable bonds is 4. The number of piperidine rings is 1. The quantitative estimate of drug-likeness (QED) is 0.911. The SMILES string of the molecule is CCCNC1CCCN(c2ccc(C)cc2Br)C1. The minimum atomic E-state index is 0.645. The Balaban J connectivity index is 2.03. The van der Waals surface area contributed by atoms with Crippen LogP contribution in [-0.4, -0.2) is 25.7 Å². The van der Waals surface area contributed by atoms with E-state index in [0.29, 0.717) is 6.04 Å². The zero-order valence-electron chi connectivity index (χ0n) is 11.4. The van der Waals surface area contributed by atoms with Crippen molar-refractivity contribution >= 4 is 21.6 Å². The zero-order valence-corrected chi connectivity index (χ0v) is 13.0. The minimum Gasteiger partial charge on any atom is -0.369 e. The molecule has 100 valence electrons. The molecule has 1 saturated heterocycles. The molecule has 0 bridgehead atoms. The van der Waals surface area contributed by atoms with Crippen LogP contribution < -0.4 is 10.2 Å². The molecule has 2 rings (SSSR count). The van der Waals surface area contributed by atoms with Gasteiger partial charge in [-0.3, -0.25) is 0 Å².